The second kappa shape index (κ2) is 145. The topological polar surface area (TPSA) is 0 Å². The van der Waals surface area contributed by atoms with Crippen LogP contribution in [0, 0.1) is 0 Å². The van der Waals surface area contributed by atoms with Crippen LogP contribution in [-0.4, -0.2) is 55.2 Å². The molecule has 0 fully saturated rings. The second-order valence-corrected chi connectivity index (χ2v) is 0. The predicted molar refractivity (Wildman–Crippen MR) is 49.0 cm³/mol. The third kappa shape index (κ3) is 104. The summed E-state index contributed by atoms with van der Waals surface area (Å²) in [5.74, 6) is 0. The van der Waals surface area contributed by atoms with Crippen molar-refractivity contribution in [2.24, 2.45) is 0 Å². The van der Waals surface area contributed by atoms with Crippen LogP contribution in [0.4, 0.5) is 0 Å². The Balaban J connectivity index is -0.00000000900. The van der Waals surface area contributed by atoms with Gasteiger partial charge in [0, 0.05) is 55.2 Å². The Kier molecular flexibility index (Phi) is 490. The van der Waals surface area contributed by atoms with Gasteiger partial charge >= 0.3 is 0 Å². The van der Waals surface area contributed by atoms with Gasteiger partial charge in [0.2, 0.25) is 0 Å². The standard InChI is InChI=1S/3CH5Si.Sb/c3*1-2;/h3*2H2,1H3;. The molecule has 7 heavy (non-hydrogen) atoms. The second-order valence-electron chi connectivity index (χ2n) is 0. The first-order valence-electron chi connectivity index (χ1n) is 2.12. The van der Waals surface area contributed by atoms with Crippen LogP contribution in [0.5, 0.6) is 0 Å². The van der Waals surface area contributed by atoms with Gasteiger partial charge in [0.05, 0.1) is 0 Å². The van der Waals surface area contributed by atoms with Crippen molar-refractivity contribution in [3.8, 4) is 0 Å². The van der Waals surface area contributed by atoms with Crippen molar-refractivity contribution in [2.75, 3.05) is 0 Å². The van der Waals surface area contributed by atoms with Crippen molar-refractivity contribution < 1.29 is 0 Å². The van der Waals surface area contributed by atoms with E-state index in [4.69, 9.17) is 0 Å². The Bertz CT molecular complexity index is 10.1. The Hall–Kier alpha value is 1.47. The average molecular weight is 257 g/mol. The van der Waals surface area contributed by atoms with Crippen LogP contribution < -0.4 is 0 Å². The summed E-state index contributed by atoms with van der Waals surface area (Å²) in [6, 6.07) is 0. The number of hydrogen-bond acceptors (Lipinski definition) is 0. The molecule has 0 nitrogen and oxygen atoms in total. The molecular formula is C3H15SbSi3. The molecule has 0 aromatic carbocycles. The Morgan fingerprint density at radius 3 is 0.571 bits per heavy atom. The molecular weight excluding hydrogens is 242 g/mol. The van der Waals surface area contributed by atoms with E-state index in [1.807, 2.05) is 50.4 Å². The van der Waals surface area contributed by atoms with Crippen LogP contribution in [0.2, 0.25) is 19.6 Å². The summed E-state index contributed by atoms with van der Waals surface area (Å²) in [4.78, 5) is 0. The summed E-state index contributed by atoms with van der Waals surface area (Å²) >= 11 is 0. The molecule has 0 bridgehead atoms. The van der Waals surface area contributed by atoms with Gasteiger partial charge in [0.25, 0.3) is 0 Å². The Labute approximate surface area is 74.6 Å². The first-order valence-corrected chi connectivity index (χ1v) is 6.36. The molecule has 0 spiro atoms. The smallest absolute Gasteiger partial charge is 0.00452 e. The maximum absolute atomic E-state index is 2.03. The van der Waals surface area contributed by atoms with Crippen LogP contribution in [0.25, 0.3) is 0 Å². The van der Waals surface area contributed by atoms with E-state index in [-0.39, 0.29) is 24.4 Å². The molecule has 0 saturated carbocycles. The molecule has 0 aromatic heterocycles. The van der Waals surface area contributed by atoms with E-state index in [0.717, 1.165) is 0 Å². The maximum Gasteiger partial charge on any atom is 0.00452 e. The Morgan fingerprint density at radius 2 is 0.571 bits per heavy atom. The molecule has 0 aromatic rings. The third-order valence-corrected chi connectivity index (χ3v) is 0. The molecule has 44 valence electrons. The van der Waals surface area contributed by atoms with Gasteiger partial charge in [-0.25, -0.2) is 0 Å². The van der Waals surface area contributed by atoms with Gasteiger partial charge in [0.1, 0.15) is 0 Å². The molecule has 4 heteroatoms. The SMILES string of the molecule is C[SiH2].C[SiH2].C[SiH2].[Sb]. The summed E-state index contributed by atoms with van der Waals surface area (Å²) in [6.07, 6.45) is 0. The zero-order chi connectivity index (χ0) is 6.00. The molecule has 0 rings (SSSR count). The molecule has 0 aliphatic heterocycles. The number of rotatable bonds is 0. The van der Waals surface area contributed by atoms with E-state index >= 15 is 0 Å². The Morgan fingerprint density at radius 1 is 0.571 bits per heavy atom. The fourth-order valence-corrected chi connectivity index (χ4v) is 0. The van der Waals surface area contributed by atoms with Crippen LogP contribution in [0.3, 0.4) is 0 Å². The van der Waals surface area contributed by atoms with E-state index in [1.165, 1.54) is 0 Å². The summed E-state index contributed by atoms with van der Waals surface area (Å²) in [7, 11) is 5.58. The van der Waals surface area contributed by atoms with Crippen LogP contribution in [-0.2, 0) is 0 Å². The molecule has 0 unspecified atom stereocenters. The largest absolute Gasteiger partial charge is 0.0771 e. The molecule has 0 heterocycles. The van der Waals surface area contributed by atoms with E-state index in [9.17, 15) is 0 Å². The molecule has 0 N–H and O–H groups in total. The molecule has 0 amide bonds. The van der Waals surface area contributed by atoms with Crippen molar-refractivity contribution in [2.45, 2.75) is 19.6 Å². The van der Waals surface area contributed by atoms with Crippen LogP contribution >= 0.6 is 0 Å². The van der Waals surface area contributed by atoms with Crippen LogP contribution in [0.1, 0.15) is 0 Å². The molecule has 0 atom stereocenters. The fraction of sp³-hybridized carbons (Fsp3) is 1.00. The quantitative estimate of drug-likeness (QED) is 0.469. The van der Waals surface area contributed by atoms with Crippen molar-refractivity contribution >= 4 is 55.2 Å². The summed E-state index contributed by atoms with van der Waals surface area (Å²) in [5.41, 5.74) is 0. The number of hydrogen-bond donors (Lipinski definition) is 0. The molecule has 0 saturated heterocycles. The molecule has 0 aliphatic rings. The van der Waals surface area contributed by atoms with Gasteiger partial charge in [0.15, 0.2) is 0 Å². The average Bonchev–Trinajstić information content (AvgIpc) is 1.81. The zero-order valence-electron chi connectivity index (χ0n) is 5.57. The monoisotopic (exact) mass is 256 g/mol. The van der Waals surface area contributed by atoms with E-state index in [2.05, 4.69) is 0 Å². The maximum atomic E-state index is 2.03. The van der Waals surface area contributed by atoms with Crippen molar-refractivity contribution in [3.05, 3.63) is 0 Å². The molecule has 6 radical (unpaired) electrons. The van der Waals surface area contributed by atoms with E-state index < -0.39 is 0 Å². The van der Waals surface area contributed by atoms with Gasteiger partial charge in [-0.1, -0.05) is 19.6 Å². The van der Waals surface area contributed by atoms with Crippen molar-refractivity contribution in [3.63, 3.8) is 0 Å². The van der Waals surface area contributed by atoms with Crippen molar-refractivity contribution in [1.82, 2.24) is 0 Å². The van der Waals surface area contributed by atoms with Gasteiger partial charge in [-0.05, 0) is 0 Å². The minimum absolute atomic E-state index is 0. The minimum atomic E-state index is 0. The van der Waals surface area contributed by atoms with Gasteiger partial charge in [-0.3, -0.25) is 0 Å². The zero-order valence-corrected chi connectivity index (χ0v) is 12.4. The van der Waals surface area contributed by atoms with Gasteiger partial charge in [-0.15, -0.1) is 0 Å². The fourth-order valence-electron chi connectivity index (χ4n) is 0. The summed E-state index contributed by atoms with van der Waals surface area (Å²) < 4.78 is 0. The normalized spacial score (nSPS) is 2.57. The third-order valence-electron chi connectivity index (χ3n) is 0. The van der Waals surface area contributed by atoms with Gasteiger partial charge in [-0.2, -0.15) is 0 Å². The molecule has 0 aliphatic carbocycles. The minimum Gasteiger partial charge on any atom is -0.0771 e. The predicted octanol–water partition coefficient (Wildman–Crippen LogP) is -1.38. The van der Waals surface area contributed by atoms with Gasteiger partial charge < -0.3 is 0 Å². The van der Waals surface area contributed by atoms with E-state index in [1.54, 1.807) is 0 Å². The first-order chi connectivity index (χ1) is 3.00. The summed E-state index contributed by atoms with van der Waals surface area (Å²) in [6.45, 7) is 6.08. The van der Waals surface area contributed by atoms with E-state index in [0.29, 0.717) is 0 Å². The van der Waals surface area contributed by atoms with Crippen molar-refractivity contribution in [1.29, 1.82) is 0 Å². The first kappa shape index (κ1) is 23.7. The summed E-state index contributed by atoms with van der Waals surface area (Å²) in [5, 5.41) is 0. The van der Waals surface area contributed by atoms with Crippen LogP contribution in [0.15, 0.2) is 0 Å².